The molecule has 106 valence electrons. The molecule has 0 amide bonds. The van der Waals surface area contributed by atoms with Gasteiger partial charge < -0.3 is 0 Å². The molecule has 0 N–H and O–H groups in total. The molecule has 1 fully saturated rings. The van der Waals surface area contributed by atoms with Crippen molar-refractivity contribution in [2.45, 2.75) is 36.9 Å². The summed E-state index contributed by atoms with van der Waals surface area (Å²) in [6, 6.07) is 5.86. The SMILES string of the molecule is O=S(=O)(Cl)c1nnc(CCc2ccccn2)n1C1CC1. The van der Waals surface area contributed by atoms with E-state index in [1.54, 1.807) is 10.8 Å². The quantitative estimate of drug-likeness (QED) is 0.786. The number of nitrogens with zero attached hydrogens (tertiary/aromatic N) is 4. The molecule has 0 bridgehead atoms. The van der Waals surface area contributed by atoms with Gasteiger partial charge in [-0.05, 0) is 31.4 Å². The molecule has 3 rings (SSSR count). The van der Waals surface area contributed by atoms with Gasteiger partial charge >= 0.3 is 0 Å². The summed E-state index contributed by atoms with van der Waals surface area (Å²) in [5, 5.41) is 7.57. The number of aryl methyl sites for hydroxylation is 2. The molecule has 0 aromatic carbocycles. The number of hydrogen-bond donors (Lipinski definition) is 0. The molecule has 0 spiro atoms. The second kappa shape index (κ2) is 5.14. The summed E-state index contributed by atoms with van der Waals surface area (Å²) in [5.74, 6) is 0.650. The van der Waals surface area contributed by atoms with Gasteiger partial charge in [-0.3, -0.25) is 9.55 Å². The monoisotopic (exact) mass is 312 g/mol. The molecule has 0 unspecified atom stereocenters. The Hall–Kier alpha value is -1.47. The predicted molar refractivity (Wildman–Crippen MR) is 73.0 cm³/mol. The zero-order chi connectivity index (χ0) is 14.2. The van der Waals surface area contributed by atoms with E-state index in [1.807, 2.05) is 18.2 Å². The summed E-state index contributed by atoms with van der Waals surface area (Å²) in [4.78, 5) is 4.24. The van der Waals surface area contributed by atoms with Crippen LogP contribution < -0.4 is 0 Å². The Bertz CT molecular complexity index is 710. The van der Waals surface area contributed by atoms with Gasteiger partial charge in [0.1, 0.15) is 5.82 Å². The molecule has 20 heavy (non-hydrogen) atoms. The van der Waals surface area contributed by atoms with E-state index in [4.69, 9.17) is 10.7 Å². The van der Waals surface area contributed by atoms with Crippen LogP contribution >= 0.6 is 10.7 Å². The van der Waals surface area contributed by atoms with Gasteiger partial charge in [0.05, 0.1) is 0 Å². The molecule has 2 aromatic heterocycles. The van der Waals surface area contributed by atoms with Crippen LogP contribution in [0.3, 0.4) is 0 Å². The molecular weight excluding hydrogens is 300 g/mol. The third kappa shape index (κ3) is 2.83. The van der Waals surface area contributed by atoms with Crippen molar-refractivity contribution < 1.29 is 8.42 Å². The van der Waals surface area contributed by atoms with E-state index in [-0.39, 0.29) is 11.2 Å². The average molecular weight is 313 g/mol. The minimum absolute atomic E-state index is 0.141. The smallest absolute Gasteiger partial charge is 0.296 e. The van der Waals surface area contributed by atoms with E-state index in [0.717, 1.165) is 18.5 Å². The van der Waals surface area contributed by atoms with Gasteiger partial charge in [0.25, 0.3) is 14.2 Å². The lowest BCUT2D eigenvalue weighted by Gasteiger charge is -2.06. The first-order valence-electron chi connectivity index (χ1n) is 6.34. The number of pyridine rings is 1. The number of halogens is 1. The first kappa shape index (κ1) is 13.5. The van der Waals surface area contributed by atoms with Crippen LogP contribution in [0.4, 0.5) is 0 Å². The fraction of sp³-hybridized carbons (Fsp3) is 0.417. The van der Waals surface area contributed by atoms with E-state index < -0.39 is 9.05 Å². The summed E-state index contributed by atoms with van der Waals surface area (Å²) < 4.78 is 24.7. The second-order valence-electron chi connectivity index (χ2n) is 4.76. The van der Waals surface area contributed by atoms with Crippen molar-refractivity contribution in [3.05, 3.63) is 35.9 Å². The van der Waals surface area contributed by atoms with Gasteiger partial charge in [0.2, 0.25) is 0 Å². The third-order valence-electron chi connectivity index (χ3n) is 3.20. The topological polar surface area (TPSA) is 77.7 Å². The van der Waals surface area contributed by atoms with E-state index >= 15 is 0 Å². The van der Waals surface area contributed by atoms with Crippen molar-refractivity contribution in [1.29, 1.82) is 0 Å². The lowest BCUT2D eigenvalue weighted by Crippen LogP contribution is -2.09. The molecule has 8 heteroatoms. The molecule has 1 aliphatic rings. The maximum atomic E-state index is 11.5. The highest BCUT2D eigenvalue weighted by Crippen LogP contribution is 2.38. The molecule has 6 nitrogen and oxygen atoms in total. The lowest BCUT2D eigenvalue weighted by atomic mass is 10.2. The average Bonchev–Trinajstić information content (AvgIpc) is 3.16. The molecule has 0 saturated heterocycles. The van der Waals surface area contributed by atoms with Gasteiger partial charge in [-0.1, -0.05) is 6.07 Å². The summed E-state index contributed by atoms with van der Waals surface area (Å²) in [7, 11) is 1.55. The zero-order valence-corrected chi connectivity index (χ0v) is 12.2. The maximum absolute atomic E-state index is 11.5. The van der Waals surface area contributed by atoms with Crippen LogP contribution in [0.2, 0.25) is 0 Å². The van der Waals surface area contributed by atoms with E-state index in [0.29, 0.717) is 18.7 Å². The first-order chi connectivity index (χ1) is 9.55. The fourth-order valence-corrected chi connectivity index (χ4v) is 3.07. The van der Waals surface area contributed by atoms with Crippen molar-refractivity contribution in [3.8, 4) is 0 Å². The highest BCUT2D eigenvalue weighted by Gasteiger charge is 2.33. The Morgan fingerprint density at radius 3 is 2.65 bits per heavy atom. The van der Waals surface area contributed by atoms with E-state index in [1.165, 1.54) is 0 Å². The van der Waals surface area contributed by atoms with Gasteiger partial charge in [-0.15, -0.1) is 10.2 Å². The van der Waals surface area contributed by atoms with Crippen molar-refractivity contribution >= 4 is 19.7 Å². The minimum atomic E-state index is -3.85. The molecule has 1 saturated carbocycles. The standard InChI is InChI=1S/C12H13ClN4O2S/c13-20(18,19)12-16-15-11(17(12)10-5-6-10)7-4-9-3-1-2-8-14-9/h1-3,8,10H,4-7H2. The number of rotatable bonds is 5. The largest absolute Gasteiger partial charge is 0.298 e. The fourth-order valence-electron chi connectivity index (χ4n) is 2.13. The van der Waals surface area contributed by atoms with Gasteiger partial charge in [-0.25, -0.2) is 8.42 Å². The zero-order valence-electron chi connectivity index (χ0n) is 10.6. The Kier molecular flexibility index (Phi) is 3.47. The molecule has 0 atom stereocenters. The lowest BCUT2D eigenvalue weighted by molar-refractivity contribution is 0.567. The van der Waals surface area contributed by atoms with Crippen molar-refractivity contribution in [1.82, 2.24) is 19.7 Å². The molecule has 2 heterocycles. The van der Waals surface area contributed by atoms with Gasteiger partial charge in [-0.2, -0.15) is 0 Å². The predicted octanol–water partition coefficient (Wildman–Crippen LogP) is 1.72. The minimum Gasteiger partial charge on any atom is -0.298 e. The van der Waals surface area contributed by atoms with Crippen molar-refractivity contribution in [3.63, 3.8) is 0 Å². The summed E-state index contributed by atoms with van der Waals surface area (Å²) in [6.07, 6.45) is 4.89. The Morgan fingerprint density at radius 1 is 1.25 bits per heavy atom. The number of hydrogen-bond acceptors (Lipinski definition) is 5. The highest BCUT2D eigenvalue weighted by atomic mass is 35.7. The van der Waals surface area contributed by atoms with Crippen LogP contribution in [0.5, 0.6) is 0 Å². The highest BCUT2D eigenvalue weighted by molar-refractivity contribution is 8.13. The molecular formula is C12H13ClN4O2S. The van der Waals surface area contributed by atoms with E-state index in [2.05, 4.69) is 15.2 Å². The Morgan fingerprint density at radius 2 is 2.05 bits per heavy atom. The Labute approximate surface area is 121 Å². The van der Waals surface area contributed by atoms with Crippen molar-refractivity contribution in [2.75, 3.05) is 0 Å². The Balaban J connectivity index is 1.85. The summed E-state index contributed by atoms with van der Waals surface area (Å²) >= 11 is 0. The first-order valence-corrected chi connectivity index (χ1v) is 8.65. The van der Waals surface area contributed by atoms with E-state index in [9.17, 15) is 8.42 Å². The normalized spacial score (nSPS) is 15.4. The maximum Gasteiger partial charge on any atom is 0.296 e. The molecule has 0 radical (unpaired) electrons. The van der Waals surface area contributed by atoms with Crippen LogP contribution in [0.15, 0.2) is 29.6 Å². The van der Waals surface area contributed by atoms with Crippen LogP contribution in [0.25, 0.3) is 0 Å². The second-order valence-corrected chi connectivity index (χ2v) is 7.22. The van der Waals surface area contributed by atoms with Crippen LogP contribution in [-0.4, -0.2) is 28.2 Å². The molecule has 1 aliphatic carbocycles. The summed E-state index contributed by atoms with van der Waals surface area (Å²) in [6.45, 7) is 0. The van der Waals surface area contributed by atoms with Crippen LogP contribution in [0.1, 0.15) is 30.4 Å². The van der Waals surface area contributed by atoms with Crippen LogP contribution in [-0.2, 0) is 21.9 Å². The number of aromatic nitrogens is 4. The molecule has 0 aliphatic heterocycles. The summed E-state index contributed by atoms with van der Waals surface area (Å²) in [5.41, 5.74) is 0.938. The van der Waals surface area contributed by atoms with Crippen LogP contribution in [0, 0.1) is 0 Å². The van der Waals surface area contributed by atoms with Gasteiger partial charge in [0, 0.05) is 35.0 Å². The van der Waals surface area contributed by atoms with Crippen molar-refractivity contribution in [2.24, 2.45) is 0 Å². The molecule has 2 aromatic rings. The van der Waals surface area contributed by atoms with Gasteiger partial charge in [0.15, 0.2) is 0 Å². The third-order valence-corrected chi connectivity index (χ3v) is 4.32.